The molecule has 1 saturated carbocycles. The molecule has 0 bridgehead atoms. The molecule has 3 nitrogen and oxygen atoms in total. The van der Waals surface area contributed by atoms with Crippen molar-refractivity contribution in [1.82, 2.24) is 9.80 Å². The molecule has 1 aromatic rings. The van der Waals surface area contributed by atoms with Crippen LogP contribution in [0.25, 0.3) is 0 Å². The van der Waals surface area contributed by atoms with Gasteiger partial charge < -0.3 is 9.80 Å². The maximum absolute atomic E-state index is 13.6. The lowest BCUT2D eigenvalue weighted by atomic mass is 10.1. The first-order valence-electron chi connectivity index (χ1n) is 6.17. The van der Waals surface area contributed by atoms with Crippen molar-refractivity contribution >= 4 is 5.96 Å². The normalized spacial score (nSPS) is 21.4. The SMILES string of the molecule is CN(C)C(=NC1CC1c1ccccc1F)N(C)C. The lowest BCUT2D eigenvalue weighted by Crippen LogP contribution is -2.35. The number of benzene rings is 1. The molecule has 0 heterocycles. The Labute approximate surface area is 108 Å². The molecule has 0 spiro atoms. The lowest BCUT2D eigenvalue weighted by Gasteiger charge is -2.22. The summed E-state index contributed by atoms with van der Waals surface area (Å²) in [7, 11) is 7.89. The average Bonchev–Trinajstić information content (AvgIpc) is 3.05. The number of halogens is 1. The van der Waals surface area contributed by atoms with E-state index < -0.39 is 0 Å². The third-order valence-electron chi connectivity index (χ3n) is 3.14. The Morgan fingerprint density at radius 3 is 2.33 bits per heavy atom. The van der Waals surface area contributed by atoms with Gasteiger partial charge in [0.15, 0.2) is 5.96 Å². The van der Waals surface area contributed by atoms with E-state index in [1.807, 2.05) is 50.1 Å². The summed E-state index contributed by atoms with van der Waals surface area (Å²) in [6.07, 6.45) is 0.937. The van der Waals surface area contributed by atoms with Gasteiger partial charge in [0.25, 0.3) is 0 Å². The summed E-state index contributed by atoms with van der Waals surface area (Å²) in [5.74, 6) is 1.05. The Hall–Kier alpha value is -1.58. The van der Waals surface area contributed by atoms with E-state index in [0.717, 1.165) is 17.9 Å². The minimum atomic E-state index is -0.114. The molecule has 0 aromatic heterocycles. The maximum atomic E-state index is 13.6. The molecule has 0 saturated heterocycles. The number of hydrogen-bond donors (Lipinski definition) is 0. The summed E-state index contributed by atoms with van der Waals surface area (Å²) >= 11 is 0. The van der Waals surface area contributed by atoms with Crippen LogP contribution < -0.4 is 0 Å². The molecule has 1 aliphatic carbocycles. The van der Waals surface area contributed by atoms with E-state index >= 15 is 0 Å². The molecular weight excluding hydrogens is 229 g/mol. The van der Waals surface area contributed by atoms with Crippen LogP contribution in [0.3, 0.4) is 0 Å². The van der Waals surface area contributed by atoms with Crippen LogP contribution in [-0.4, -0.2) is 50.0 Å². The van der Waals surface area contributed by atoms with Crippen LogP contribution in [0.1, 0.15) is 17.9 Å². The standard InChI is InChI=1S/C14H20FN3/c1-17(2)14(18(3)4)16-13-9-11(13)10-7-5-6-8-12(10)15/h5-8,11,13H,9H2,1-4H3. The molecule has 0 N–H and O–H groups in total. The molecule has 2 atom stereocenters. The Balaban J connectivity index is 2.12. The number of aliphatic imine (C=N–C) groups is 1. The van der Waals surface area contributed by atoms with Gasteiger partial charge in [0.05, 0.1) is 6.04 Å². The monoisotopic (exact) mass is 249 g/mol. The summed E-state index contributed by atoms with van der Waals surface area (Å²) < 4.78 is 13.6. The average molecular weight is 249 g/mol. The number of nitrogens with zero attached hydrogens (tertiary/aromatic N) is 3. The van der Waals surface area contributed by atoms with Gasteiger partial charge in [0.1, 0.15) is 5.82 Å². The van der Waals surface area contributed by atoms with Crippen LogP contribution in [0.2, 0.25) is 0 Å². The third-order valence-corrected chi connectivity index (χ3v) is 3.14. The van der Waals surface area contributed by atoms with Crippen molar-refractivity contribution in [3.8, 4) is 0 Å². The molecule has 0 aliphatic heterocycles. The minimum absolute atomic E-state index is 0.114. The Morgan fingerprint density at radius 1 is 1.17 bits per heavy atom. The lowest BCUT2D eigenvalue weighted by molar-refractivity contribution is 0.478. The van der Waals surface area contributed by atoms with Gasteiger partial charge in [-0.3, -0.25) is 0 Å². The van der Waals surface area contributed by atoms with Crippen molar-refractivity contribution in [1.29, 1.82) is 0 Å². The topological polar surface area (TPSA) is 18.8 Å². The van der Waals surface area contributed by atoms with E-state index in [-0.39, 0.29) is 17.8 Å². The van der Waals surface area contributed by atoms with E-state index in [9.17, 15) is 4.39 Å². The Bertz CT molecular complexity index is 444. The van der Waals surface area contributed by atoms with Gasteiger partial charge in [-0.25, -0.2) is 9.38 Å². The first kappa shape index (κ1) is 12.9. The second kappa shape index (κ2) is 4.96. The van der Waals surface area contributed by atoms with Gasteiger partial charge in [-0.1, -0.05) is 18.2 Å². The van der Waals surface area contributed by atoms with Crippen LogP contribution in [0.5, 0.6) is 0 Å². The first-order chi connectivity index (χ1) is 8.50. The Kier molecular flexibility index (Phi) is 3.55. The third kappa shape index (κ3) is 2.63. The predicted octanol–water partition coefficient (Wildman–Crippen LogP) is 2.16. The van der Waals surface area contributed by atoms with Gasteiger partial charge in [-0.05, 0) is 18.1 Å². The largest absolute Gasteiger partial charge is 0.349 e. The molecule has 1 aromatic carbocycles. The Morgan fingerprint density at radius 2 is 1.78 bits per heavy atom. The summed E-state index contributed by atoms with van der Waals surface area (Å²) in [5, 5.41) is 0. The van der Waals surface area contributed by atoms with Gasteiger partial charge in [-0.15, -0.1) is 0 Å². The van der Waals surface area contributed by atoms with Crippen LogP contribution >= 0.6 is 0 Å². The van der Waals surface area contributed by atoms with Crippen LogP contribution in [0, 0.1) is 5.82 Å². The number of hydrogen-bond acceptors (Lipinski definition) is 1. The highest BCUT2D eigenvalue weighted by atomic mass is 19.1. The zero-order valence-corrected chi connectivity index (χ0v) is 11.4. The molecule has 4 heteroatoms. The predicted molar refractivity (Wildman–Crippen MR) is 72.4 cm³/mol. The van der Waals surface area contributed by atoms with E-state index in [1.165, 1.54) is 6.07 Å². The van der Waals surface area contributed by atoms with E-state index in [0.29, 0.717) is 0 Å². The smallest absolute Gasteiger partial charge is 0.195 e. The van der Waals surface area contributed by atoms with Crippen molar-refractivity contribution in [2.24, 2.45) is 4.99 Å². The first-order valence-corrected chi connectivity index (χ1v) is 6.17. The van der Waals surface area contributed by atoms with Crippen molar-refractivity contribution in [2.45, 2.75) is 18.4 Å². The number of guanidine groups is 1. The molecule has 1 fully saturated rings. The van der Waals surface area contributed by atoms with Gasteiger partial charge in [0, 0.05) is 34.1 Å². The summed E-state index contributed by atoms with van der Waals surface area (Å²) in [5.41, 5.74) is 0.795. The van der Waals surface area contributed by atoms with Crippen molar-refractivity contribution < 1.29 is 4.39 Å². The fourth-order valence-corrected chi connectivity index (χ4v) is 2.21. The second-order valence-corrected chi connectivity index (χ2v) is 5.15. The van der Waals surface area contributed by atoms with Crippen molar-refractivity contribution in [3.05, 3.63) is 35.6 Å². The van der Waals surface area contributed by atoms with E-state index in [4.69, 9.17) is 0 Å². The van der Waals surface area contributed by atoms with E-state index in [2.05, 4.69) is 4.99 Å². The van der Waals surface area contributed by atoms with Gasteiger partial charge in [-0.2, -0.15) is 0 Å². The summed E-state index contributed by atoms with van der Waals surface area (Å²) in [6.45, 7) is 0. The molecule has 2 rings (SSSR count). The summed E-state index contributed by atoms with van der Waals surface area (Å²) in [6, 6.07) is 7.20. The van der Waals surface area contributed by atoms with E-state index in [1.54, 1.807) is 6.07 Å². The fourth-order valence-electron chi connectivity index (χ4n) is 2.21. The van der Waals surface area contributed by atoms with Crippen molar-refractivity contribution in [2.75, 3.05) is 28.2 Å². The minimum Gasteiger partial charge on any atom is -0.349 e. The molecule has 98 valence electrons. The fraction of sp³-hybridized carbons (Fsp3) is 0.500. The zero-order valence-electron chi connectivity index (χ0n) is 11.4. The molecule has 1 aliphatic rings. The molecule has 0 radical (unpaired) electrons. The van der Waals surface area contributed by atoms with Crippen LogP contribution in [-0.2, 0) is 0 Å². The molecule has 2 unspecified atom stereocenters. The van der Waals surface area contributed by atoms with Crippen LogP contribution in [0.4, 0.5) is 4.39 Å². The van der Waals surface area contributed by atoms with Gasteiger partial charge in [0.2, 0.25) is 0 Å². The zero-order chi connectivity index (χ0) is 13.3. The highest BCUT2D eigenvalue weighted by Crippen LogP contribution is 2.44. The van der Waals surface area contributed by atoms with Crippen molar-refractivity contribution in [3.63, 3.8) is 0 Å². The summed E-state index contributed by atoms with van der Waals surface area (Å²) in [4.78, 5) is 8.65. The van der Waals surface area contributed by atoms with Crippen LogP contribution in [0.15, 0.2) is 29.3 Å². The van der Waals surface area contributed by atoms with Gasteiger partial charge >= 0.3 is 0 Å². The highest BCUT2D eigenvalue weighted by Gasteiger charge is 2.40. The molecular formula is C14H20FN3. The molecule has 18 heavy (non-hydrogen) atoms. The number of rotatable bonds is 2. The highest BCUT2D eigenvalue weighted by molar-refractivity contribution is 5.79. The molecule has 0 amide bonds. The quantitative estimate of drug-likeness (QED) is 0.591. The maximum Gasteiger partial charge on any atom is 0.195 e. The second-order valence-electron chi connectivity index (χ2n) is 5.15.